The van der Waals surface area contributed by atoms with E-state index in [0.717, 1.165) is 11.0 Å². The normalized spacial score (nSPS) is 32.4. The zero-order chi connectivity index (χ0) is 7.07. The highest BCUT2D eigenvalue weighted by molar-refractivity contribution is 5.73. The van der Waals surface area contributed by atoms with Gasteiger partial charge in [-0.3, -0.25) is 4.48 Å². The average Bonchev–Trinajstić information content (AvgIpc) is 1.96. The molecule has 1 rings (SSSR count). The molecule has 52 valence electrons. The molecule has 0 aliphatic carbocycles. The van der Waals surface area contributed by atoms with E-state index in [4.69, 9.17) is 0 Å². The van der Waals surface area contributed by atoms with Crippen molar-refractivity contribution in [3.8, 4) is 0 Å². The number of nitrogens with zero attached hydrogens (tertiary/aromatic N) is 2. The standard InChI is InChI=1S/C7H15N2/c1-6-5-8-7(2)9(6,3)4/h6H,5H2,1-4H3/q+1. The Morgan fingerprint density at radius 1 is 1.56 bits per heavy atom. The average molecular weight is 127 g/mol. The number of hydrogen-bond donors (Lipinski definition) is 0. The second-order valence-electron chi connectivity index (χ2n) is 3.28. The summed E-state index contributed by atoms with van der Waals surface area (Å²) in [4.78, 5) is 4.36. The fourth-order valence-electron chi connectivity index (χ4n) is 0.970. The molecule has 1 aliphatic rings. The van der Waals surface area contributed by atoms with Gasteiger partial charge in [-0.15, -0.1) is 0 Å². The Bertz CT molecular complexity index is 147. The van der Waals surface area contributed by atoms with Gasteiger partial charge in [0.05, 0.1) is 20.6 Å². The lowest BCUT2D eigenvalue weighted by molar-refractivity contribution is -0.817. The summed E-state index contributed by atoms with van der Waals surface area (Å²) in [6.07, 6.45) is 0. The first-order valence-corrected chi connectivity index (χ1v) is 3.40. The fourth-order valence-corrected chi connectivity index (χ4v) is 0.970. The van der Waals surface area contributed by atoms with Crippen molar-refractivity contribution in [1.29, 1.82) is 0 Å². The Labute approximate surface area is 56.8 Å². The molecule has 0 N–H and O–H groups in total. The van der Waals surface area contributed by atoms with Crippen LogP contribution in [0.15, 0.2) is 4.99 Å². The Kier molecular flexibility index (Phi) is 1.35. The number of aliphatic imine (C=N–C) groups is 1. The molecule has 0 spiro atoms. The zero-order valence-electron chi connectivity index (χ0n) is 6.68. The largest absolute Gasteiger partial charge is 0.280 e. The van der Waals surface area contributed by atoms with Crippen LogP contribution in [0.4, 0.5) is 0 Å². The number of hydrogen-bond acceptors (Lipinski definition) is 1. The molecule has 1 atom stereocenters. The van der Waals surface area contributed by atoms with Gasteiger partial charge in [0, 0.05) is 6.92 Å². The van der Waals surface area contributed by atoms with Gasteiger partial charge in [-0.2, -0.15) is 0 Å². The minimum Gasteiger partial charge on any atom is -0.280 e. The van der Waals surface area contributed by atoms with Crippen molar-refractivity contribution in [2.24, 2.45) is 4.99 Å². The van der Waals surface area contributed by atoms with Crippen molar-refractivity contribution in [2.75, 3.05) is 20.6 Å². The van der Waals surface area contributed by atoms with E-state index in [-0.39, 0.29) is 0 Å². The Balaban J connectivity index is 2.81. The molecule has 9 heavy (non-hydrogen) atoms. The van der Waals surface area contributed by atoms with E-state index >= 15 is 0 Å². The molecule has 0 bridgehead atoms. The molecule has 0 fully saturated rings. The third kappa shape index (κ3) is 0.874. The van der Waals surface area contributed by atoms with Gasteiger partial charge >= 0.3 is 0 Å². The third-order valence-corrected chi connectivity index (χ3v) is 2.52. The van der Waals surface area contributed by atoms with E-state index in [2.05, 4.69) is 32.9 Å². The van der Waals surface area contributed by atoms with Crippen LogP contribution in [0.25, 0.3) is 0 Å². The predicted octanol–water partition coefficient (Wildman–Crippen LogP) is 0.883. The number of quaternary nitrogens is 1. The molecule has 0 saturated carbocycles. The number of likely N-dealkylation sites (N-methyl/N-ethyl adjacent to an activating group) is 1. The predicted molar refractivity (Wildman–Crippen MR) is 39.5 cm³/mol. The van der Waals surface area contributed by atoms with Gasteiger partial charge in [-0.1, -0.05) is 0 Å². The molecule has 2 nitrogen and oxygen atoms in total. The summed E-state index contributed by atoms with van der Waals surface area (Å²) in [5.41, 5.74) is 0. The molecule has 1 heterocycles. The van der Waals surface area contributed by atoms with Crippen LogP contribution in [0, 0.1) is 0 Å². The molecule has 1 aliphatic heterocycles. The van der Waals surface area contributed by atoms with Crippen molar-refractivity contribution in [3.05, 3.63) is 0 Å². The van der Waals surface area contributed by atoms with E-state index in [1.807, 2.05) is 0 Å². The first kappa shape index (κ1) is 6.75. The van der Waals surface area contributed by atoms with Crippen molar-refractivity contribution >= 4 is 5.84 Å². The number of rotatable bonds is 0. The van der Waals surface area contributed by atoms with Gasteiger partial charge < -0.3 is 0 Å². The van der Waals surface area contributed by atoms with Crippen LogP contribution < -0.4 is 0 Å². The SMILES string of the molecule is CC1=NCC(C)[N+]1(C)C. The van der Waals surface area contributed by atoms with Gasteiger partial charge in [0.1, 0.15) is 6.04 Å². The van der Waals surface area contributed by atoms with Crippen molar-refractivity contribution < 1.29 is 4.48 Å². The van der Waals surface area contributed by atoms with E-state index in [1.165, 1.54) is 5.84 Å². The topological polar surface area (TPSA) is 12.4 Å². The quantitative estimate of drug-likeness (QED) is 0.428. The van der Waals surface area contributed by atoms with Crippen LogP contribution in [0.5, 0.6) is 0 Å². The molecule has 0 aromatic heterocycles. The molecule has 0 amide bonds. The Morgan fingerprint density at radius 3 is 2.22 bits per heavy atom. The lowest BCUT2D eigenvalue weighted by Gasteiger charge is -2.28. The first-order chi connectivity index (χ1) is 4.05. The second-order valence-corrected chi connectivity index (χ2v) is 3.28. The summed E-state index contributed by atoms with van der Waals surface area (Å²) >= 11 is 0. The minimum absolute atomic E-state index is 0.671. The highest BCUT2D eigenvalue weighted by Gasteiger charge is 2.32. The van der Waals surface area contributed by atoms with Crippen LogP contribution in [0.1, 0.15) is 13.8 Å². The molecule has 0 aromatic carbocycles. The van der Waals surface area contributed by atoms with Crippen LogP contribution in [-0.4, -0.2) is 37.0 Å². The van der Waals surface area contributed by atoms with Crippen LogP contribution in [-0.2, 0) is 0 Å². The molecule has 1 unspecified atom stereocenters. The summed E-state index contributed by atoms with van der Waals surface area (Å²) in [6, 6.07) is 0.671. The minimum atomic E-state index is 0.671. The van der Waals surface area contributed by atoms with Crippen LogP contribution >= 0.6 is 0 Å². The maximum absolute atomic E-state index is 4.36. The molecule has 0 saturated heterocycles. The molecular weight excluding hydrogens is 112 g/mol. The summed E-state index contributed by atoms with van der Waals surface area (Å²) < 4.78 is 0.972. The van der Waals surface area contributed by atoms with Gasteiger partial charge in [0.25, 0.3) is 0 Å². The zero-order valence-corrected chi connectivity index (χ0v) is 6.68. The molecule has 0 radical (unpaired) electrons. The van der Waals surface area contributed by atoms with Crippen LogP contribution in [0.3, 0.4) is 0 Å². The summed E-state index contributed by atoms with van der Waals surface area (Å²) in [5.74, 6) is 1.25. The fraction of sp³-hybridized carbons (Fsp3) is 0.857. The molecule has 2 heteroatoms. The highest BCUT2D eigenvalue weighted by Crippen LogP contribution is 2.14. The Morgan fingerprint density at radius 2 is 2.11 bits per heavy atom. The lowest BCUT2D eigenvalue weighted by Crippen LogP contribution is -2.47. The lowest BCUT2D eigenvalue weighted by atomic mass is 10.3. The van der Waals surface area contributed by atoms with Gasteiger partial charge in [-0.25, -0.2) is 4.99 Å². The van der Waals surface area contributed by atoms with Gasteiger partial charge in [-0.05, 0) is 6.92 Å². The maximum Gasteiger partial charge on any atom is 0.195 e. The monoisotopic (exact) mass is 127 g/mol. The second kappa shape index (κ2) is 1.81. The van der Waals surface area contributed by atoms with E-state index in [9.17, 15) is 0 Å². The van der Waals surface area contributed by atoms with Gasteiger partial charge in [0.15, 0.2) is 5.84 Å². The van der Waals surface area contributed by atoms with Gasteiger partial charge in [0.2, 0.25) is 0 Å². The third-order valence-electron chi connectivity index (χ3n) is 2.52. The maximum atomic E-state index is 4.36. The van der Waals surface area contributed by atoms with Crippen LogP contribution in [0.2, 0.25) is 0 Å². The summed E-state index contributed by atoms with van der Waals surface area (Å²) in [5, 5.41) is 0. The smallest absolute Gasteiger partial charge is 0.195 e. The summed E-state index contributed by atoms with van der Waals surface area (Å²) in [6.45, 7) is 5.34. The molecule has 0 aromatic rings. The van der Waals surface area contributed by atoms with Crippen molar-refractivity contribution in [1.82, 2.24) is 0 Å². The Hall–Kier alpha value is -0.370. The summed E-state index contributed by atoms with van der Waals surface area (Å²) in [7, 11) is 4.41. The van der Waals surface area contributed by atoms with E-state index < -0.39 is 0 Å². The van der Waals surface area contributed by atoms with E-state index in [1.54, 1.807) is 0 Å². The van der Waals surface area contributed by atoms with Crippen molar-refractivity contribution in [3.63, 3.8) is 0 Å². The molecular formula is C7H15N2+. The highest BCUT2D eigenvalue weighted by atomic mass is 15.4. The van der Waals surface area contributed by atoms with E-state index in [0.29, 0.717) is 6.04 Å². The number of amidine groups is 1. The first-order valence-electron chi connectivity index (χ1n) is 3.40. The van der Waals surface area contributed by atoms with Crippen molar-refractivity contribution in [2.45, 2.75) is 19.9 Å².